The van der Waals surface area contributed by atoms with Crippen LogP contribution in [0.25, 0.3) is 0 Å². The number of nitrogens with two attached hydrogens (primary N) is 1. The van der Waals surface area contributed by atoms with Crippen molar-refractivity contribution in [1.82, 2.24) is 0 Å². The average Bonchev–Trinajstić information content (AvgIpc) is 2.03. The number of aryl methyl sites for hydroxylation is 1. The summed E-state index contributed by atoms with van der Waals surface area (Å²) in [5.41, 5.74) is 8.04. The Hall–Kier alpha value is -0.860. The van der Waals surface area contributed by atoms with Gasteiger partial charge in [-0.25, -0.2) is 0 Å². The van der Waals surface area contributed by atoms with Crippen LogP contribution >= 0.6 is 0 Å². The Balaban J connectivity index is 2.37. The van der Waals surface area contributed by atoms with Crippen LogP contribution in [0.4, 0.5) is 0 Å². The van der Waals surface area contributed by atoms with Crippen molar-refractivity contribution >= 4 is 0 Å². The minimum absolute atomic E-state index is 0.116. The van der Waals surface area contributed by atoms with E-state index in [4.69, 9.17) is 10.5 Å². The molecule has 0 aliphatic rings. The van der Waals surface area contributed by atoms with E-state index in [-0.39, 0.29) is 6.04 Å². The second-order valence-corrected chi connectivity index (χ2v) is 3.48. The molecule has 2 N–H and O–H groups in total. The molecule has 0 heterocycles. The van der Waals surface area contributed by atoms with E-state index in [0.29, 0.717) is 13.2 Å². The van der Waals surface area contributed by atoms with Crippen LogP contribution in [-0.4, -0.2) is 12.6 Å². The second kappa shape index (κ2) is 5.00. The molecule has 72 valence electrons. The second-order valence-electron chi connectivity index (χ2n) is 3.48. The third kappa shape index (κ3) is 4.06. The Morgan fingerprint density at radius 3 is 2.85 bits per heavy atom. The molecule has 0 aromatic heterocycles. The van der Waals surface area contributed by atoms with Crippen molar-refractivity contribution in [2.75, 3.05) is 6.61 Å². The summed E-state index contributed by atoms with van der Waals surface area (Å²) in [6, 6.07) is 8.43. The monoisotopic (exact) mass is 179 g/mol. The van der Waals surface area contributed by atoms with E-state index in [1.54, 1.807) is 0 Å². The minimum Gasteiger partial charge on any atom is -0.375 e. The molecule has 0 fully saturated rings. The zero-order chi connectivity index (χ0) is 9.68. The number of benzene rings is 1. The zero-order valence-electron chi connectivity index (χ0n) is 8.29. The van der Waals surface area contributed by atoms with Gasteiger partial charge >= 0.3 is 0 Å². The van der Waals surface area contributed by atoms with Crippen LogP contribution < -0.4 is 5.73 Å². The molecule has 1 aromatic carbocycles. The van der Waals surface area contributed by atoms with Crippen molar-refractivity contribution in [3.05, 3.63) is 35.4 Å². The van der Waals surface area contributed by atoms with E-state index in [0.717, 1.165) is 0 Å². The van der Waals surface area contributed by atoms with Gasteiger partial charge in [0.25, 0.3) is 0 Å². The van der Waals surface area contributed by atoms with Crippen LogP contribution in [0.2, 0.25) is 0 Å². The third-order valence-corrected chi connectivity index (χ3v) is 1.73. The molecule has 1 rings (SSSR count). The van der Waals surface area contributed by atoms with Crippen molar-refractivity contribution in [2.24, 2.45) is 5.73 Å². The predicted molar refractivity (Wildman–Crippen MR) is 54.5 cm³/mol. The molecule has 0 aliphatic carbocycles. The summed E-state index contributed by atoms with van der Waals surface area (Å²) in [6.07, 6.45) is 0. The highest BCUT2D eigenvalue weighted by Gasteiger charge is 1.95. The van der Waals surface area contributed by atoms with E-state index >= 15 is 0 Å². The molecule has 2 heteroatoms. The van der Waals surface area contributed by atoms with Crippen molar-refractivity contribution in [2.45, 2.75) is 26.5 Å². The third-order valence-electron chi connectivity index (χ3n) is 1.73. The highest BCUT2D eigenvalue weighted by molar-refractivity contribution is 5.21. The Bertz CT molecular complexity index is 258. The summed E-state index contributed by atoms with van der Waals surface area (Å²) >= 11 is 0. The Morgan fingerprint density at radius 2 is 2.23 bits per heavy atom. The molecule has 0 aliphatic heterocycles. The number of hydrogen-bond acceptors (Lipinski definition) is 2. The van der Waals surface area contributed by atoms with Gasteiger partial charge in [0, 0.05) is 6.04 Å². The van der Waals surface area contributed by atoms with Crippen LogP contribution in [0.3, 0.4) is 0 Å². The topological polar surface area (TPSA) is 35.2 Å². The van der Waals surface area contributed by atoms with Gasteiger partial charge in [-0.05, 0) is 19.4 Å². The number of hydrogen-bond donors (Lipinski definition) is 1. The van der Waals surface area contributed by atoms with E-state index < -0.39 is 0 Å². The normalized spacial score (nSPS) is 12.8. The number of rotatable bonds is 4. The smallest absolute Gasteiger partial charge is 0.0717 e. The lowest BCUT2D eigenvalue weighted by Gasteiger charge is -2.07. The largest absolute Gasteiger partial charge is 0.375 e. The van der Waals surface area contributed by atoms with Crippen LogP contribution in [0.1, 0.15) is 18.1 Å². The zero-order valence-corrected chi connectivity index (χ0v) is 8.29. The van der Waals surface area contributed by atoms with Crippen LogP contribution in [-0.2, 0) is 11.3 Å². The Kier molecular flexibility index (Phi) is 3.93. The molecule has 0 radical (unpaired) electrons. The fourth-order valence-corrected chi connectivity index (χ4v) is 1.16. The predicted octanol–water partition coefficient (Wildman–Crippen LogP) is 1.86. The molecule has 0 spiro atoms. The van der Waals surface area contributed by atoms with E-state index in [2.05, 4.69) is 25.1 Å². The molecule has 1 atom stereocenters. The fourth-order valence-electron chi connectivity index (χ4n) is 1.16. The maximum absolute atomic E-state index is 5.56. The maximum Gasteiger partial charge on any atom is 0.0717 e. The summed E-state index contributed by atoms with van der Waals surface area (Å²) in [5, 5.41) is 0. The molecule has 0 unspecified atom stereocenters. The quantitative estimate of drug-likeness (QED) is 0.765. The summed E-state index contributed by atoms with van der Waals surface area (Å²) in [7, 11) is 0. The fraction of sp³-hybridized carbons (Fsp3) is 0.455. The van der Waals surface area contributed by atoms with Gasteiger partial charge in [-0.1, -0.05) is 29.8 Å². The van der Waals surface area contributed by atoms with Gasteiger partial charge in [-0.3, -0.25) is 0 Å². The van der Waals surface area contributed by atoms with Gasteiger partial charge in [-0.2, -0.15) is 0 Å². The minimum atomic E-state index is 0.116. The van der Waals surface area contributed by atoms with Crippen LogP contribution in [0.5, 0.6) is 0 Å². The SMILES string of the molecule is Cc1cccc(COC[C@H](C)N)c1. The average molecular weight is 179 g/mol. The Labute approximate surface area is 79.7 Å². The highest BCUT2D eigenvalue weighted by atomic mass is 16.5. The lowest BCUT2D eigenvalue weighted by Crippen LogP contribution is -2.21. The summed E-state index contributed by atoms with van der Waals surface area (Å²) in [4.78, 5) is 0. The van der Waals surface area contributed by atoms with E-state index in [1.165, 1.54) is 11.1 Å². The van der Waals surface area contributed by atoms with Gasteiger partial charge in [0.15, 0.2) is 0 Å². The molecule has 13 heavy (non-hydrogen) atoms. The van der Waals surface area contributed by atoms with Crippen LogP contribution in [0.15, 0.2) is 24.3 Å². The van der Waals surface area contributed by atoms with Gasteiger partial charge in [0.2, 0.25) is 0 Å². The number of ether oxygens (including phenoxy) is 1. The standard InChI is InChI=1S/C11H17NO/c1-9-4-3-5-11(6-9)8-13-7-10(2)12/h3-6,10H,7-8,12H2,1-2H3/t10-/m0/s1. The van der Waals surface area contributed by atoms with Gasteiger partial charge in [0.05, 0.1) is 13.2 Å². The summed E-state index contributed by atoms with van der Waals surface area (Å²) in [6.45, 7) is 5.29. The molecule has 0 bridgehead atoms. The first kappa shape index (κ1) is 10.2. The van der Waals surface area contributed by atoms with Gasteiger partial charge in [-0.15, -0.1) is 0 Å². The molecule has 0 saturated carbocycles. The first-order valence-electron chi connectivity index (χ1n) is 4.57. The first-order chi connectivity index (χ1) is 6.18. The van der Waals surface area contributed by atoms with Crippen molar-refractivity contribution in [3.63, 3.8) is 0 Å². The molecule has 0 amide bonds. The molecule has 2 nitrogen and oxygen atoms in total. The highest BCUT2D eigenvalue weighted by Crippen LogP contribution is 2.05. The summed E-state index contributed by atoms with van der Waals surface area (Å²) < 4.78 is 5.41. The van der Waals surface area contributed by atoms with E-state index in [9.17, 15) is 0 Å². The van der Waals surface area contributed by atoms with Gasteiger partial charge < -0.3 is 10.5 Å². The first-order valence-corrected chi connectivity index (χ1v) is 4.57. The van der Waals surface area contributed by atoms with Gasteiger partial charge in [0.1, 0.15) is 0 Å². The molecular weight excluding hydrogens is 162 g/mol. The summed E-state index contributed by atoms with van der Waals surface area (Å²) in [5.74, 6) is 0. The lowest BCUT2D eigenvalue weighted by atomic mass is 10.1. The Morgan fingerprint density at radius 1 is 1.46 bits per heavy atom. The van der Waals surface area contributed by atoms with Crippen molar-refractivity contribution in [3.8, 4) is 0 Å². The van der Waals surface area contributed by atoms with Crippen molar-refractivity contribution < 1.29 is 4.74 Å². The molecule has 0 saturated heterocycles. The van der Waals surface area contributed by atoms with E-state index in [1.807, 2.05) is 13.0 Å². The van der Waals surface area contributed by atoms with Crippen molar-refractivity contribution in [1.29, 1.82) is 0 Å². The van der Waals surface area contributed by atoms with Crippen LogP contribution in [0, 0.1) is 6.92 Å². The maximum atomic E-state index is 5.56. The molecule has 1 aromatic rings. The lowest BCUT2D eigenvalue weighted by molar-refractivity contribution is 0.111. The molecular formula is C11H17NO.